The molecule has 0 unspecified atom stereocenters. The van der Waals surface area contributed by atoms with Crippen molar-refractivity contribution in [3.8, 4) is 5.75 Å². The Morgan fingerprint density at radius 2 is 2.06 bits per heavy atom. The zero-order chi connectivity index (χ0) is 12.3. The standard InChI is InChI=1S/C8H10F3N3O2/c9-8(10,11)16-6-4(2-12)1-5(3-15)14-7(6)13/h1,15H,2-3,12H2,(H2,13,14). The number of nitrogens with zero attached hydrogens (tertiary/aromatic N) is 1. The lowest BCUT2D eigenvalue weighted by Crippen LogP contribution is -2.20. The summed E-state index contributed by atoms with van der Waals surface area (Å²) in [4.78, 5) is 3.53. The lowest BCUT2D eigenvalue weighted by Gasteiger charge is -2.14. The van der Waals surface area contributed by atoms with E-state index in [0.717, 1.165) is 0 Å². The van der Waals surface area contributed by atoms with E-state index in [1.54, 1.807) is 0 Å². The Bertz CT molecular complexity index is 382. The molecule has 5 nitrogen and oxygen atoms in total. The number of aliphatic hydroxyl groups is 1. The first-order chi connectivity index (χ1) is 7.37. The van der Waals surface area contributed by atoms with Gasteiger partial charge in [-0.1, -0.05) is 0 Å². The van der Waals surface area contributed by atoms with Crippen molar-refractivity contribution in [1.82, 2.24) is 4.98 Å². The Morgan fingerprint density at radius 1 is 1.44 bits per heavy atom. The minimum Gasteiger partial charge on any atom is -0.401 e. The highest BCUT2D eigenvalue weighted by molar-refractivity contribution is 5.52. The van der Waals surface area contributed by atoms with Gasteiger partial charge in [0.25, 0.3) is 0 Å². The number of aliphatic hydroxyl groups excluding tert-OH is 1. The molecular weight excluding hydrogens is 227 g/mol. The number of alkyl halides is 3. The molecule has 0 saturated heterocycles. The molecular formula is C8H10F3N3O2. The van der Waals surface area contributed by atoms with Crippen LogP contribution in [0.15, 0.2) is 6.07 Å². The SMILES string of the molecule is NCc1cc(CO)nc(N)c1OC(F)(F)F. The maximum absolute atomic E-state index is 12.0. The summed E-state index contributed by atoms with van der Waals surface area (Å²) in [6, 6.07) is 1.21. The number of hydrogen-bond acceptors (Lipinski definition) is 5. The van der Waals surface area contributed by atoms with E-state index in [0.29, 0.717) is 0 Å². The summed E-state index contributed by atoms with van der Waals surface area (Å²) in [5.41, 5.74) is 10.7. The zero-order valence-electron chi connectivity index (χ0n) is 8.08. The fourth-order valence-electron chi connectivity index (χ4n) is 1.14. The molecule has 0 radical (unpaired) electrons. The number of hydrogen-bond donors (Lipinski definition) is 3. The van der Waals surface area contributed by atoms with Crippen LogP contribution in [0.2, 0.25) is 0 Å². The van der Waals surface area contributed by atoms with E-state index in [9.17, 15) is 13.2 Å². The molecule has 5 N–H and O–H groups in total. The number of anilines is 1. The molecule has 0 spiro atoms. The molecule has 90 valence electrons. The average Bonchev–Trinajstić information content (AvgIpc) is 2.19. The third kappa shape index (κ3) is 2.97. The molecule has 0 fully saturated rings. The predicted molar refractivity (Wildman–Crippen MR) is 49.1 cm³/mol. The van der Waals surface area contributed by atoms with Crippen LogP contribution < -0.4 is 16.2 Å². The third-order valence-electron chi connectivity index (χ3n) is 1.73. The van der Waals surface area contributed by atoms with E-state index in [-0.39, 0.29) is 17.8 Å². The molecule has 0 aliphatic rings. The third-order valence-corrected chi connectivity index (χ3v) is 1.73. The summed E-state index contributed by atoms with van der Waals surface area (Å²) in [5.74, 6) is -1.07. The summed E-state index contributed by atoms with van der Waals surface area (Å²) in [6.07, 6.45) is -4.86. The van der Waals surface area contributed by atoms with E-state index < -0.39 is 24.5 Å². The first-order valence-corrected chi connectivity index (χ1v) is 4.22. The zero-order valence-corrected chi connectivity index (χ0v) is 8.08. The molecule has 1 rings (SSSR count). The van der Waals surface area contributed by atoms with Crippen molar-refractivity contribution in [3.63, 3.8) is 0 Å². The Balaban J connectivity index is 3.16. The van der Waals surface area contributed by atoms with Crippen LogP contribution in [0.5, 0.6) is 5.75 Å². The number of aromatic nitrogens is 1. The molecule has 1 aromatic heterocycles. The van der Waals surface area contributed by atoms with E-state index in [2.05, 4.69) is 9.72 Å². The summed E-state index contributed by atoms with van der Waals surface area (Å²) in [7, 11) is 0. The van der Waals surface area contributed by atoms with Crippen molar-refractivity contribution in [1.29, 1.82) is 0 Å². The minimum atomic E-state index is -4.86. The molecule has 16 heavy (non-hydrogen) atoms. The molecule has 0 aliphatic carbocycles. The normalized spacial score (nSPS) is 11.6. The van der Waals surface area contributed by atoms with Gasteiger partial charge in [-0.3, -0.25) is 0 Å². The highest BCUT2D eigenvalue weighted by Crippen LogP contribution is 2.31. The van der Waals surface area contributed by atoms with Crippen molar-refractivity contribution in [2.24, 2.45) is 5.73 Å². The maximum Gasteiger partial charge on any atom is 0.573 e. The predicted octanol–water partition coefficient (Wildman–Crippen LogP) is 0.513. The van der Waals surface area contributed by atoms with E-state index >= 15 is 0 Å². The van der Waals surface area contributed by atoms with Crippen molar-refractivity contribution in [2.45, 2.75) is 19.5 Å². The average molecular weight is 237 g/mol. The number of nitrogens with two attached hydrogens (primary N) is 2. The van der Waals surface area contributed by atoms with Gasteiger partial charge in [-0.05, 0) is 6.07 Å². The Morgan fingerprint density at radius 3 is 2.50 bits per heavy atom. The largest absolute Gasteiger partial charge is 0.573 e. The Labute approximate surface area is 88.8 Å². The first-order valence-electron chi connectivity index (χ1n) is 4.22. The van der Waals surface area contributed by atoms with Crippen LogP contribution in [0, 0.1) is 0 Å². The first kappa shape index (κ1) is 12.5. The van der Waals surface area contributed by atoms with E-state index in [1.165, 1.54) is 6.07 Å². The lowest BCUT2D eigenvalue weighted by atomic mass is 10.2. The molecule has 1 heterocycles. The van der Waals surface area contributed by atoms with Gasteiger partial charge in [0, 0.05) is 12.1 Å². The maximum atomic E-state index is 12.0. The van der Waals surface area contributed by atoms with Gasteiger partial charge in [-0.2, -0.15) is 0 Å². The van der Waals surface area contributed by atoms with Gasteiger partial charge in [-0.15, -0.1) is 13.2 Å². The number of ether oxygens (including phenoxy) is 1. The molecule has 0 bridgehead atoms. The van der Waals surface area contributed by atoms with Crippen LogP contribution in [0.1, 0.15) is 11.3 Å². The van der Waals surface area contributed by atoms with Crippen LogP contribution in [0.4, 0.5) is 19.0 Å². The summed E-state index contributed by atoms with van der Waals surface area (Å²) >= 11 is 0. The van der Waals surface area contributed by atoms with Gasteiger partial charge in [-0.25, -0.2) is 4.98 Å². The van der Waals surface area contributed by atoms with Gasteiger partial charge < -0.3 is 21.3 Å². The smallest absolute Gasteiger partial charge is 0.401 e. The molecule has 0 atom stereocenters. The fraction of sp³-hybridized carbons (Fsp3) is 0.375. The second kappa shape index (κ2) is 4.54. The monoisotopic (exact) mass is 237 g/mol. The summed E-state index contributed by atoms with van der Waals surface area (Å²) in [6.45, 7) is -0.644. The van der Waals surface area contributed by atoms with Crippen LogP contribution in [-0.4, -0.2) is 16.5 Å². The minimum absolute atomic E-state index is 0.0360. The van der Waals surface area contributed by atoms with Crippen molar-refractivity contribution >= 4 is 5.82 Å². The molecule has 0 saturated carbocycles. The van der Waals surface area contributed by atoms with Gasteiger partial charge >= 0.3 is 6.36 Å². The van der Waals surface area contributed by atoms with Gasteiger partial charge in [0.1, 0.15) is 0 Å². The second-order valence-corrected chi connectivity index (χ2v) is 2.90. The topological polar surface area (TPSA) is 94.4 Å². The Hall–Kier alpha value is -1.54. The summed E-state index contributed by atoms with van der Waals surface area (Å²) < 4.78 is 39.8. The van der Waals surface area contributed by atoms with Crippen molar-refractivity contribution < 1.29 is 23.0 Å². The number of nitrogen functional groups attached to an aromatic ring is 1. The van der Waals surface area contributed by atoms with Crippen molar-refractivity contribution in [2.75, 3.05) is 5.73 Å². The number of pyridine rings is 1. The van der Waals surface area contributed by atoms with E-state index in [4.69, 9.17) is 16.6 Å². The number of halogens is 3. The number of rotatable bonds is 3. The molecule has 1 aromatic rings. The van der Waals surface area contributed by atoms with Gasteiger partial charge in [0.05, 0.1) is 12.3 Å². The van der Waals surface area contributed by atoms with Crippen LogP contribution >= 0.6 is 0 Å². The molecule has 8 heteroatoms. The van der Waals surface area contributed by atoms with Crippen LogP contribution in [0.25, 0.3) is 0 Å². The van der Waals surface area contributed by atoms with Crippen LogP contribution in [0.3, 0.4) is 0 Å². The van der Waals surface area contributed by atoms with Gasteiger partial charge in [0.15, 0.2) is 11.6 Å². The van der Waals surface area contributed by atoms with Crippen molar-refractivity contribution in [3.05, 3.63) is 17.3 Å². The Kier molecular flexibility index (Phi) is 3.55. The summed E-state index contributed by atoms with van der Waals surface area (Å²) in [5, 5.41) is 8.78. The second-order valence-electron chi connectivity index (χ2n) is 2.90. The lowest BCUT2D eigenvalue weighted by molar-refractivity contribution is -0.274. The highest BCUT2D eigenvalue weighted by atomic mass is 19.4. The highest BCUT2D eigenvalue weighted by Gasteiger charge is 2.33. The quantitative estimate of drug-likeness (QED) is 0.712. The molecule has 0 aliphatic heterocycles. The molecule has 0 amide bonds. The molecule has 0 aromatic carbocycles. The fourth-order valence-corrected chi connectivity index (χ4v) is 1.14. The van der Waals surface area contributed by atoms with Gasteiger partial charge in [0.2, 0.25) is 0 Å². The van der Waals surface area contributed by atoms with Crippen LogP contribution in [-0.2, 0) is 13.2 Å². The van der Waals surface area contributed by atoms with E-state index in [1.807, 2.05) is 0 Å².